The van der Waals surface area contributed by atoms with Gasteiger partial charge in [0.25, 0.3) is 5.91 Å². The van der Waals surface area contributed by atoms with Gasteiger partial charge in [-0.3, -0.25) is 14.6 Å². The third kappa shape index (κ3) is 4.29. The summed E-state index contributed by atoms with van der Waals surface area (Å²) in [5, 5.41) is 6.63. The van der Waals surface area contributed by atoms with E-state index >= 15 is 0 Å². The molecule has 0 radical (unpaired) electrons. The molecule has 3 heterocycles. The molecule has 2 amide bonds. The summed E-state index contributed by atoms with van der Waals surface area (Å²) in [6.45, 7) is 2.09. The number of amides is 2. The zero-order valence-corrected chi connectivity index (χ0v) is 14.0. The summed E-state index contributed by atoms with van der Waals surface area (Å²) in [5.41, 5.74) is 0.828. The third-order valence-corrected chi connectivity index (χ3v) is 4.62. The van der Waals surface area contributed by atoms with Crippen molar-refractivity contribution >= 4 is 34.0 Å². The Morgan fingerprint density at radius 1 is 1.38 bits per heavy atom. The molecule has 1 fully saturated rings. The highest BCUT2D eigenvalue weighted by atomic mass is 32.1. The van der Waals surface area contributed by atoms with Crippen molar-refractivity contribution in [2.45, 2.75) is 19.3 Å². The summed E-state index contributed by atoms with van der Waals surface area (Å²) in [7, 11) is 0. The topological polar surface area (TPSA) is 87.2 Å². The van der Waals surface area contributed by atoms with Crippen molar-refractivity contribution in [3.05, 3.63) is 35.6 Å². The van der Waals surface area contributed by atoms with Crippen LogP contribution in [0.25, 0.3) is 0 Å². The number of carbonyl (C=O) groups is 2. The quantitative estimate of drug-likeness (QED) is 0.750. The summed E-state index contributed by atoms with van der Waals surface area (Å²) >= 11 is 1.29. The van der Waals surface area contributed by atoms with Crippen LogP contribution in [0.5, 0.6) is 0 Å². The minimum absolute atomic E-state index is 0.139. The van der Waals surface area contributed by atoms with Gasteiger partial charge in [-0.2, -0.15) is 0 Å². The number of anilines is 2. The van der Waals surface area contributed by atoms with E-state index in [9.17, 15) is 9.59 Å². The Kier molecular flexibility index (Phi) is 5.37. The Balaban J connectivity index is 1.43. The Morgan fingerprint density at radius 2 is 2.29 bits per heavy atom. The van der Waals surface area contributed by atoms with Gasteiger partial charge in [0.15, 0.2) is 5.13 Å². The van der Waals surface area contributed by atoms with Crippen LogP contribution in [0.2, 0.25) is 0 Å². The summed E-state index contributed by atoms with van der Waals surface area (Å²) in [4.78, 5) is 34.2. The van der Waals surface area contributed by atoms with Gasteiger partial charge in [-0.25, -0.2) is 4.98 Å². The maximum absolute atomic E-state index is 12.1. The highest BCUT2D eigenvalue weighted by molar-refractivity contribution is 7.17. The second-order valence-electron chi connectivity index (χ2n) is 5.49. The average Bonchev–Trinajstić information content (AvgIpc) is 3.22. The average molecular weight is 345 g/mol. The van der Waals surface area contributed by atoms with E-state index in [4.69, 9.17) is 0 Å². The molecule has 2 aromatic heterocycles. The Hall–Kier alpha value is -2.48. The van der Waals surface area contributed by atoms with Crippen molar-refractivity contribution in [1.29, 1.82) is 0 Å². The zero-order valence-electron chi connectivity index (χ0n) is 13.2. The molecule has 1 aliphatic rings. The molecule has 1 aliphatic heterocycles. The summed E-state index contributed by atoms with van der Waals surface area (Å²) < 4.78 is 0. The van der Waals surface area contributed by atoms with E-state index in [-0.39, 0.29) is 11.8 Å². The van der Waals surface area contributed by atoms with Crippen molar-refractivity contribution in [2.75, 3.05) is 25.0 Å². The number of carbonyl (C=O) groups excluding carboxylic acids is 2. The van der Waals surface area contributed by atoms with Crippen LogP contribution in [-0.2, 0) is 4.79 Å². The van der Waals surface area contributed by atoms with Gasteiger partial charge in [-0.1, -0.05) is 11.3 Å². The van der Waals surface area contributed by atoms with E-state index in [0.29, 0.717) is 29.5 Å². The van der Waals surface area contributed by atoms with Crippen molar-refractivity contribution in [3.8, 4) is 0 Å². The van der Waals surface area contributed by atoms with Crippen molar-refractivity contribution in [2.24, 2.45) is 0 Å². The van der Waals surface area contributed by atoms with Gasteiger partial charge in [-0.05, 0) is 25.0 Å². The molecule has 0 aliphatic carbocycles. The van der Waals surface area contributed by atoms with Crippen LogP contribution in [-0.4, -0.2) is 46.3 Å². The van der Waals surface area contributed by atoms with Gasteiger partial charge in [-0.15, -0.1) is 0 Å². The number of hydrogen-bond acceptors (Lipinski definition) is 6. The van der Waals surface area contributed by atoms with Gasteiger partial charge in [0.2, 0.25) is 5.91 Å². The number of nitrogens with one attached hydrogen (secondary N) is 2. The standard InChI is InChI=1S/C16H19N5O2S/c22-14-5-2-8-21(14)9-3-7-18-15(23)13-11-19-16(24-13)20-12-4-1-6-17-10-12/h1,4,6,10-11H,2-3,5,7-9H2,(H,18,23)(H,19,20). The SMILES string of the molecule is O=C(NCCCN1CCCC1=O)c1cnc(Nc2cccnc2)s1. The van der Waals surface area contributed by atoms with Crippen LogP contribution >= 0.6 is 11.3 Å². The maximum atomic E-state index is 12.1. The van der Waals surface area contributed by atoms with Crippen molar-refractivity contribution in [1.82, 2.24) is 20.2 Å². The highest BCUT2D eigenvalue weighted by Crippen LogP contribution is 2.21. The first-order valence-electron chi connectivity index (χ1n) is 7.91. The molecule has 2 aromatic rings. The van der Waals surface area contributed by atoms with E-state index in [0.717, 1.165) is 25.1 Å². The number of thiazole rings is 1. The zero-order chi connectivity index (χ0) is 16.8. The van der Waals surface area contributed by atoms with Crippen LogP contribution in [0.15, 0.2) is 30.7 Å². The fourth-order valence-corrected chi connectivity index (χ4v) is 3.25. The maximum Gasteiger partial charge on any atom is 0.263 e. The summed E-state index contributed by atoms with van der Waals surface area (Å²) in [6, 6.07) is 3.71. The Labute approximate surface area is 144 Å². The van der Waals surface area contributed by atoms with Crippen molar-refractivity contribution in [3.63, 3.8) is 0 Å². The fraction of sp³-hybridized carbons (Fsp3) is 0.375. The lowest BCUT2D eigenvalue weighted by atomic mass is 10.3. The first-order chi connectivity index (χ1) is 11.7. The lowest BCUT2D eigenvalue weighted by molar-refractivity contribution is -0.127. The number of hydrogen-bond donors (Lipinski definition) is 2. The van der Waals surface area contributed by atoms with E-state index in [1.807, 2.05) is 17.0 Å². The monoisotopic (exact) mass is 345 g/mol. The molecule has 0 bridgehead atoms. The molecule has 8 heteroatoms. The first-order valence-corrected chi connectivity index (χ1v) is 8.73. The van der Waals surface area contributed by atoms with Crippen molar-refractivity contribution < 1.29 is 9.59 Å². The van der Waals surface area contributed by atoms with E-state index in [1.165, 1.54) is 11.3 Å². The van der Waals surface area contributed by atoms with Crippen LogP contribution in [0.3, 0.4) is 0 Å². The molecule has 24 heavy (non-hydrogen) atoms. The van der Waals surface area contributed by atoms with Gasteiger partial charge < -0.3 is 15.5 Å². The minimum Gasteiger partial charge on any atom is -0.351 e. The van der Waals surface area contributed by atoms with E-state index in [2.05, 4.69) is 20.6 Å². The van der Waals surface area contributed by atoms with E-state index in [1.54, 1.807) is 18.6 Å². The van der Waals surface area contributed by atoms with Gasteiger partial charge in [0.1, 0.15) is 4.88 Å². The highest BCUT2D eigenvalue weighted by Gasteiger charge is 2.19. The molecule has 0 atom stereocenters. The molecule has 2 N–H and O–H groups in total. The molecule has 0 spiro atoms. The third-order valence-electron chi connectivity index (χ3n) is 3.70. The molecular formula is C16H19N5O2S. The van der Waals surface area contributed by atoms with Crippen LogP contribution in [0.4, 0.5) is 10.8 Å². The number of rotatable bonds is 7. The largest absolute Gasteiger partial charge is 0.351 e. The lowest BCUT2D eigenvalue weighted by Gasteiger charge is -2.15. The molecule has 7 nitrogen and oxygen atoms in total. The Morgan fingerprint density at radius 3 is 3.04 bits per heavy atom. The second-order valence-corrected chi connectivity index (χ2v) is 6.52. The smallest absolute Gasteiger partial charge is 0.263 e. The number of pyridine rings is 1. The van der Waals surface area contributed by atoms with Crippen LogP contribution in [0.1, 0.15) is 28.9 Å². The first kappa shape index (κ1) is 16.4. The van der Waals surface area contributed by atoms with E-state index < -0.39 is 0 Å². The fourth-order valence-electron chi connectivity index (χ4n) is 2.50. The summed E-state index contributed by atoms with van der Waals surface area (Å²) in [5.74, 6) is 0.0781. The molecule has 126 valence electrons. The van der Waals surface area contributed by atoms with Gasteiger partial charge in [0, 0.05) is 32.3 Å². The van der Waals surface area contributed by atoms with Gasteiger partial charge in [0.05, 0.1) is 18.1 Å². The minimum atomic E-state index is -0.139. The number of likely N-dealkylation sites (tertiary alicyclic amines) is 1. The van der Waals surface area contributed by atoms with Crippen LogP contribution < -0.4 is 10.6 Å². The lowest BCUT2D eigenvalue weighted by Crippen LogP contribution is -2.30. The molecule has 0 aromatic carbocycles. The molecule has 0 unspecified atom stereocenters. The summed E-state index contributed by atoms with van der Waals surface area (Å²) in [6.07, 6.45) is 7.31. The number of aromatic nitrogens is 2. The molecular weight excluding hydrogens is 326 g/mol. The Bertz CT molecular complexity index is 704. The molecule has 3 rings (SSSR count). The molecule has 1 saturated heterocycles. The normalized spacial score (nSPS) is 14.0. The number of nitrogens with zero attached hydrogens (tertiary/aromatic N) is 3. The van der Waals surface area contributed by atoms with Crippen LogP contribution in [0, 0.1) is 0 Å². The van der Waals surface area contributed by atoms with Gasteiger partial charge >= 0.3 is 0 Å². The predicted molar refractivity (Wildman–Crippen MR) is 92.4 cm³/mol. The molecule has 0 saturated carbocycles. The second kappa shape index (κ2) is 7.87. The predicted octanol–water partition coefficient (Wildman–Crippen LogP) is 2.02.